The van der Waals surface area contributed by atoms with E-state index in [0.717, 1.165) is 6.08 Å². The number of halogens is 3. The monoisotopic (exact) mass is 230 g/mol. The number of carbonyl (C=O) groups excluding carboxylic acids is 1. The molecule has 0 aromatic heterocycles. The highest BCUT2D eigenvalue weighted by atomic mass is 19.4. The number of esters is 1. The maximum Gasteiger partial charge on any atom is 0.422 e. The Hall–Kier alpha value is -1.78. The SMILES string of the molecule is O=C(C=Cc1ccccc1)OCC(F)(F)F. The molecule has 0 radical (unpaired) electrons. The van der Waals surface area contributed by atoms with Crippen molar-refractivity contribution in [2.75, 3.05) is 6.61 Å². The van der Waals surface area contributed by atoms with Crippen molar-refractivity contribution in [1.29, 1.82) is 0 Å². The molecule has 2 nitrogen and oxygen atoms in total. The van der Waals surface area contributed by atoms with E-state index in [9.17, 15) is 18.0 Å². The number of rotatable bonds is 3. The van der Waals surface area contributed by atoms with E-state index in [1.807, 2.05) is 0 Å². The second kappa shape index (κ2) is 5.34. The van der Waals surface area contributed by atoms with E-state index in [-0.39, 0.29) is 0 Å². The third-order valence-corrected chi connectivity index (χ3v) is 1.59. The van der Waals surface area contributed by atoms with Crippen molar-refractivity contribution < 1.29 is 22.7 Å². The molecule has 1 rings (SSSR count). The van der Waals surface area contributed by atoms with Crippen molar-refractivity contribution in [2.24, 2.45) is 0 Å². The molecular weight excluding hydrogens is 221 g/mol. The molecule has 0 bridgehead atoms. The summed E-state index contributed by atoms with van der Waals surface area (Å²) in [4.78, 5) is 10.9. The second-order valence-corrected chi connectivity index (χ2v) is 2.97. The fourth-order valence-electron chi connectivity index (χ4n) is 0.929. The van der Waals surface area contributed by atoms with Crippen molar-refractivity contribution in [1.82, 2.24) is 0 Å². The van der Waals surface area contributed by atoms with Crippen LogP contribution in [0.5, 0.6) is 0 Å². The smallest absolute Gasteiger partial charge is 0.422 e. The minimum atomic E-state index is -4.49. The van der Waals surface area contributed by atoms with Gasteiger partial charge in [0.25, 0.3) is 0 Å². The summed E-state index contributed by atoms with van der Waals surface area (Å²) < 4.78 is 39.0. The zero-order valence-electron chi connectivity index (χ0n) is 8.20. The minimum Gasteiger partial charge on any atom is -0.453 e. The lowest BCUT2D eigenvalue weighted by Crippen LogP contribution is -2.19. The van der Waals surface area contributed by atoms with Gasteiger partial charge in [0.05, 0.1) is 0 Å². The summed E-state index contributed by atoms with van der Waals surface area (Å²) in [6, 6.07) is 8.72. The highest BCUT2D eigenvalue weighted by Gasteiger charge is 2.29. The Balaban J connectivity index is 2.43. The summed E-state index contributed by atoms with van der Waals surface area (Å²) in [7, 11) is 0. The summed E-state index contributed by atoms with van der Waals surface area (Å²) >= 11 is 0. The molecule has 0 amide bonds. The van der Waals surface area contributed by atoms with Gasteiger partial charge in [-0.2, -0.15) is 13.2 Å². The van der Waals surface area contributed by atoms with E-state index >= 15 is 0 Å². The predicted octanol–water partition coefficient (Wildman–Crippen LogP) is 2.81. The lowest BCUT2D eigenvalue weighted by molar-refractivity contribution is -0.182. The first-order chi connectivity index (χ1) is 7.47. The average Bonchev–Trinajstić information content (AvgIpc) is 2.24. The van der Waals surface area contributed by atoms with Gasteiger partial charge in [0, 0.05) is 6.08 Å². The molecule has 0 saturated heterocycles. The van der Waals surface area contributed by atoms with Crippen LogP contribution in [0.25, 0.3) is 6.08 Å². The Morgan fingerprint density at radius 3 is 2.44 bits per heavy atom. The van der Waals surface area contributed by atoms with Crippen LogP contribution in [0.1, 0.15) is 5.56 Å². The normalized spacial score (nSPS) is 11.7. The molecule has 5 heteroatoms. The first-order valence-electron chi connectivity index (χ1n) is 4.44. The first-order valence-corrected chi connectivity index (χ1v) is 4.44. The molecular formula is C11H9F3O2. The lowest BCUT2D eigenvalue weighted by Gasteiger charge is -2.05. The molecule has 86 valence electrons. The molecule has 0 N–H and O–H groups in total. The van der Waals surface area contributed by atoms with Gasteiger partial charge >= 0.3 is 12.1 Å². The summed E-state index contributed by atoms with van der Waals surface area (Å²) in [5.74, 6) is -1.01. The molecule has 0 atom stereocenters. The Morgan fingerprint density at radius 1 is 1.25 bits per heavy atom. The van der Waals surface area contributed by atoms with Crippen LogP contribution >= 0.6 is 0 Å². The maximum atomic E-state index is 11.7. The van der Waals surface area contributed by atoms with Crippen molar-refractivity contribution in [3.05, 3.63) is 42.0 Å². The van der Waals surface area contributed by atoms with Gasteiger partial charge in [-0.25, -0.2) is 4.79 Å². The fraction of sp³-hybridized carbons (Fsp3) is 0.182. The molecule has 0 unspecified atom stereocenters. The summed E-state index contributed by atoms with van der Waals surface area (Å²) in [5, 5.41) is 0. The van der Waals surface area contributed by atoms with Crippen LogP contribution in [0.2, 0.25) is 0 Å². The molecule has 0 aliphatic heterocycles. The molecule has 0 aliphatic carbocycles. The topological polar surface area (TPSA) is 26.3 Å². The molecule has 0 heterocycles. The predicted molar refractivity (Wildman–Crippen MR) is 52.5 cm³/mol. The van der Waals surface area contributed by atoms with Crippen LogP contribution in [0.15, 0.2) is 36.4 Å². The summed E-state index contributed by atoms with van der Waals surface area (Å²) in [5.41, 5.74) is 0.714. The molecule has 0 fully saturated rings. The van der Waals surface area contributed by atoms with Gasteiger partial charge in [0.15, 0.2) is 6.61 Å². The minimum absolute atomic E-state index is 0.714. The number of hydrogen-bond acceptors (Lipinski definition) is 2. The van der Waals surface area contributed by atoms with Gasteiger partial charge in [-0.3, -0.25) is 0 Å². The van der Waals surface area contributed by atoms with Crippen LogP contribution in [0.3, 0.4) is 0 Å². The quantitative estimate of drug-likeness (QED) is 0.589. The zero-order chi connectivity index (χ0) is 12.0. The van der Waals surface area contributed by atoms with Gasteiger partial charge < -0.3 is 4.74 Å². The molecule has 1 aromatic carbocycles. The first kappa shape index (κ1) is 12.3. The van der Waals surface area contributed by atoms with Gasteiger partial charge in [-0.15, -0.1) is 0 Å². The van der Waals surface area contributed by atoms with Crippen LogP contribution in [0, 0.1) is 0 Å². The van der Waals surface area contributed by atoms with Crippen LogP contribution in [-0.4, -0.2) is 18.8 Å². The van der Waals surface area contributed by atoms with Crippen LogP contribution in [-0.2, 0) is 9.53 Å². The van der Waals surface area contributed by atoms with E-state index in [2.05, 4.69) is 4.74 Å². The lowest BCUT2D eigenvalue weighted by atomic mass is 10.2. The molecule has 0 aliphatic rings. The fourth-order valence-corrected chi connectivity index (χ4v) is 0.929. The molecule has 0 spiro atoms. The summed E-state index contributed by atoms with van der Waals surface area (Å²) in [6.45, 7) is -1.56. The number of benzene rings is 1. The highest BCUT2D eigenvalue weighted by molar-refractivity contribution is 5.87. The number of alkyl halides is 3. The van der Waals surface area contributed by atoms with Gasteiger partial charge in [-0.05, 0) is 11.6 Å². The number of carbonyl (C=O) groups is 1. The molecule has 0 saturated carbocycles. The van der Waals surface area contributed by atoms with Gasteiger partial charge in [0.1, 0.15) is 0 Å². The standard InChI is InChI=1S/C11H9F3O2/c12-11(13,14)8-16-10(15)7-6-9-4-2-1-3-5-9/h1-7H,8H2. The third-order valence-electron chi connectivity index (χ3n) is 1.59. The van der Waals surface area contributed by atoms with Gasteiger partial charge in [0.2, 0.25) is 0 Å². The van der Waals surface area contributed by atoms with E-state index < -0.39 is 18.8 Å². The van der Waals surface area contributed by atoms with E-state index in [1.165, 1.54) is 6.08 Å². The van der Waals surface area contributed by atoms with Crippen LogP contribution in [0.4, 0.5) is 13.2 Å². The Kier molecular flexibility index (Phi) is 4.10. The highest BCUT2D eigenvalue weighted by Crippen LogP contribution is 2.14. The van der Waals surface area contributed by atoms with E-state index in [1.54, 1.807) is 30.3 Å². The Bertz CT molecular complexity index is 369. The zero-order valence-corrected chi connectivity index (χ0v) is 8.20. The van der Waals surface area contributed by atoms with Crippen molar-refractivity contribution in [3.8, 4) is 0 Å². The second-order valence-electron chi connectivity index (χ2n) is 2.97. The number of hydrogen-bond donors (Lipinski definition) is 0. The van der Waals surface area contributed by atoms with Crippen LogP contribution < -0.4 is 0 Å². The third kappa shape index (κ3) is 5.19. The average molecular weight is 230 g/mol. The Morgan fingerprint density at radius 2 is 1.88 bits per heavy atom. The largest absolute Gasteiger partial charge is 0.453 e. The van der Waals surface area contributed by atoms with Crippen molar-refractivity contribution in [2.45, 2.75) is 6.18 Å². The van der Waals surface area contributed by atoms with Crippen molar-refractivity contribution >= 4 is 12.0 Å². The molecule has 1 aromatic rings. The Labute approximate surface area is 90.3 Å². The van der Waals surface area contributed by atoms with E-state index in [4.69, 9.17) is 0 Å². The van der Waals surface area contributed by atoms with Crippen molar-refractivity contribution in [3.63, 3.8) is 0 Å². The molecule has 16 heavy (non-hydrogen) atoms. The maximum absolute atomic E-state index is 11.7. The summed E-state index contributed by atoms with van der Waals surface area (Å²) in [6.07, 6.45) is -2.14. The van der Waals surface area contributed by atoms with E-state index in [0.29, 0.717) is 5.56 Å². The van der Waals surface area contributed by atoms with Gasteiger partial charge in [-0.1, -0.05) is 30.3 Å². The number of ether oxygens (including phenoxy) is 1.